The topological polar surface area (TPSA) is 75.6 Å². The van der Waals surface area contributed by atoms with E-state index in [0.717, 1.165) is 41.9 Å². The molecule has 1 saturated carbocycles. The smallest absolute Gasteiger partial charge is 0.228 e. The molecule has 1 fully saturated rings. The molecule has 1 unspecified atom stereocenters. The second-order valence-electron chi connectivity index (χ2n) is 6.96. The predicted octanol–water partition coefficient (Wildman–Crippen LogP) is 3.15. The Hall–Kier alpha value is -2.28. The molecule has 1 aliphatic rings. The fourth-order valence-electron chi connectivity index (χ4n) is 3.30. The fourth-order valence-corrected chi connectivity index (χ4v) is 3.77. The van der Waals surface area contributed by atoms with Crippen molar-refractivity contribution in [2.24, 2.45) is 5.41 Å². The van der Waals surface area contributed by atoms with Crippen LogP contribution < -0.4 is 5.32 Å². The summed E-state index contributed by atoms with van der Waals surface area (Å²) in [6, 6.07) is 7.88. The van der Waals surface area contributed by atoms with E-state index in [1.54, 1.807) is 24.3 Å². The number of carbonyl (C=O) groups excluding carboxylic acids is 1. The highest BCUT2D eigenvalue weighted by Crippen LogP contribution is 2.47. The van der Waals surface area contributed by atoms with Crippen LogP contribution in [0.15, 0.2) is 43.0 Å². The number of benzene rings is 1. The Labute approximate surface area is 156 Å². The van der Waals surface area contributed by atoms with E-state index in [9.17, 15) is 4.79 Å². The van der Waals surface area contributed by atoms with Gasteiger partial charge >= 0.3 is 0 Å². The van der Waals surface area contributed by atoms with E-state index in [2.05, 4.69) is 21.5 Å². The van der Waals surface area contributed by atoms with Gasteiger partial charge in [0, 0.05) is 18.9 Å². The lowest BCUT2D eigenvalue weighted by molar-refractivity contribution is -0.127. The second kappa shape index (κ2) is 7.15. The van der Waals surface area contributed by atoms with Crippen LogP contribution in [0.5, 0.6) is 0 Å². The minimum absolute atomic E-state index is 0.0948. The summed E-state index contributed by atoms with van der Waals surface area (Å²) in [4.78, 5) is 25.2. The Morgan fingerprint density at radius 3 is 2.96 bits per heavy atom. The summed E-state index contributed by atoms with van der Waals surface area (Å²) < 4.78 is 1.99. The quantitative estimate of drug-likeness (QED) is 0.640. The number of thioether (sulfide) groups is 1. The maximum atomic E-state index is 13.0. The first-order valence-corrected chi connectivity index (χ1v) is 10.3. The van der Waals surface area contributed by atoms with Crippen LogP contribution in [0.2, 0.25) is 0 Å². The van der Waals surface area contributed by atoms with Gasteiger partial charge in [-0.15, -0.1) is 0 Å². The molecule has 0 bridgehead atoms. The van der Waals surface area contributed by atoms with Crippen molar-refractivity contribution in [2.45, 2.75) is 31.8 Å². The summed E-state index contributed by atoms with van der Waals surface area (Å²) in [6.07, 6.45) is 10.2. The maximum Gasteiger partial charge on any atom is 0.228 e. The predicted molar refractivity (Wildman–Crippen MR) is 104 cm³/mol. The average Bonchev–Trinajstić information content (AvgIpc) is 3.07. The van der Waals surface area contributed by atoms with Gasteiger partial charge in [-0.2, -0.15) is 11.8 Å². The van der Waals surface area contributed by atoms with E-state index >= 15 is 0 Å². The standard InChI is InChI=1S/C19H23N5OS/c1-26-11-6-16(17-21-14-4-2-3-5-15(14)22-17)23-18(25)19(7-8-19)12-24-10-9-20-13-24/h2-5,9-10,13,16H,6-8,11-12H2,1H3,(H,21,22)(H,23,25). The lowest BCUT2D eigenvalue weighted by Crippen LogP contribution is -2.37. The number of H-pyrrole nitrogens is 1. The number of nitrogens with zero attached hydrogens (tertiary/aromatic N) is 3. The van der Waals surface area contributed by atoms with Crippen LogP contribution in [0.25, 0.3) is 11.0 Å². The van der Waals surface area contributed by atoms with Crippen molar-refractivity contribution in [3.05, 3.63) is 48.8 Å². The van der Waals surface area contributed by atoms with E-state index < -0.39 is 0 Å². The molecule has 4 rings (SSSR count). The molecule has 1 amide bonds. The second-order valence-corrected chi connectivity index (χ2v) is 7.95. The molecular weight excluding hydrogens is 346 g/mol. The van der Waals surface area contributed by atoms with Gasteiger partial charge in [-0.25, -0.2) is 9.97 Å². The van der Waals surface area contributed by atoms with E-state index in [-0.39, 0.29) is 17.4 Å². The Morgan fingerprint density at radius 1 is 1.42 bits per heavy atom. The first-order chi connectivity index (χ1) is 12.7. The van der Waals surface area contributed by atoms with Gasteiger partial charge in [0.15, 0.2) is 0 Å². The number of hydrogen-bond acceptors (Lipinski definition) is 4. The number of nitrogens with one attached hydrogen (secondary N) is 2. The van der Waals surface area contributed by atoms with Crippen LogP contribution in [0.1, 0.15) is 31.1 Å². The number of imidazole rings is 2. The average molecular weight is 369 g/mol. The molecule has 2 heterocycles. The molecule has 3 aromatic rings. The molecule has 26 heavy (non-hydrogen) atoms. The summed E-state index contributed by atoms with van der Waals surface area (Å²) in [5, 5.41) is 3.26. The van der Waals surface area contributed by atoms with E-state index in [0.29, 0.717) is 6.54 Å². The largest absolute Gasteiger partial charge is 0.346 e. The van der Waals surface area contributed by atoms with Crippen molar-refractivity contribution >= 4 is 28.7 Å². The molecule has 7 heteroatoms. The number of fused-ring (bicyclic) bond motifs is 1. The summed E-state index contributed by atoms with van der Waals surface area (Å²) in [5.41, 5.74) is 1.64. The van der Waals surface area contributed by atoms with Gasteiger partial charge in [0.1, 0.15) is 5.82 Å². The zero-order chi connectivity index (χ0) is 18.0. The summed E-state index contributed by atoms with van der Waals surface area (Å²) >= 11 is 1.78. The third-order valence-electron chi connectivity index (χ3n) is 5.03. The molecule has 2 aromatic heterocycles. The number of aromatic amines is 1. The number of hydrogen-bond donors (Lipinski definition) is 2. The van der Waals surface area contributed by atoms with Gasteiger partial charge in [0.2, 0.25) is 5.91 Å². The van der Waals surface area contributed by atoms with Crippen molar-refractivity contribution in [2.75, 3.05) is 12.0 Å². The Kier molecular flexibility index (Phi) is 4.72. The van der Waals surface area contributed by atoms with Crippen molar-refractivity contribution in [3.63, 3.8) is 0 Å². The Bertz CT molecular complexity index is 851. The van der Waals surface area contributed by atoms with Crippen LogP contribution in [0.3, 0.4) is 0 Å². The molecule has 0 aliphatic heterocycles. The zero-order valence-corrected chi connectivity index (χ0v) is 15.6. The summed E-state index contributed by atoms with van der Waals surface area (Å²) in [5.74, 6) is 1.93. The number of para-hydroxylation sites is 2. The van der Waals surface area contributed by atoms with E-state index in [4.69, 9.17) is 4.98 Å². The van der Waals surface area contributed by atoms with E-state index in [1.807, 2.05) is 35.0 Å². The molecule has 2 N–H and O–H groups in total. The zero-order valence-electron chi connectivity index (χ0n) is 14.8. The SMILES string of the molecule is CSCCC(NC(=O)C1(Cn2ccnc2)CC1)c1nc2ccccc2[nH]1. The van der Waals surface area contributed by atoms with Crippen LogP contribution in [-0.2, 0) is 11.3 Å². The molecule has 6 nitrogen and oxygen atoms in total. The molecule has 1 aliphatic carbocycles. The lowest BCUT2D eigenvalue weighted by atomic mass is 10.0. The lowest BCUT2D eigenvalue weighted by Gasteiger charge is -2.21. The highest BCUT2D eigenvalue weighted by molar-refractivity contribution is 7.98. The minimum Gasteiger partial charge on any atom is -0.346 e. The van der Waals surface area contributed by atoms with Gasteiger partial charge in [0.05, 0.1) is 28.8 Å². The molecule has 0 radical (unpaired) electrons. The van der Waals surface area contributed by atoms with Crippen molar-refractivity contribution < 1.29 is 4.79 Å². The Morgan fingerprint density at radius 2 is 2.27 bits per heavy atom. The highest BCUT2D eigenvalue weighted by atomic mass is 32.2. The third kappa shape index (κ3) is 3.49. The van der Waals surface area contributed by atoms with Crippen LogP contribution in [0, 0.1) is 5.41 Å². The van der Waals surface area contributed by atoms with Crippen LogP contribution in [0.4, 0.5) is 0 Å². The number of rotatable bonds is 8. The van der Waals surface area contributed by atoms with Crippen LogP contribution in [-0.4, -0.2) is 37.4 Å². The van der Waals surface area contributed by atoms with Gasteiger partial charge in [-0.3, -0.25) is 4.79 Å². The van der Waals surface area contributed by atoms with Crippen molar-refractivity contribution in [1.82, 2.24) is 24.8 Å². The molecule has 1 aromatic carbocycles. The first kappa shape index (κ1) is 17.1. The number of carbonyl (C=O) groups is 1. The number of amides is 1. The number of aromatic nitrogens is 4. The minimum atomic E-state index is -0.301. The van der Waals surface area contributed by atoms with Gasteiger partial charge < -0.3 is 14.9 Å². The van der Waals surface area contributed by atoms with Crippen LogP contribution >= 0.6 is 11.8 Å². The van der Waals surface area contributed by atoms with Crippen molar-refractivity contribution in [3.8, 4) is 0 Å². The van der Waals surface area contributed by atoms with E-state index in [1.165, 1.54) is 0 Å². The fraction of sp³-hybridized carbons (Fsp3) is 0.421. The van der Waals surface area contributed by atoms with Gasteiger partial charge in [-0.1, -0.05) is 12.1 Å². The molecule has 1 atom stereocenters. The molecule has 0 spiro atoms. The first-order valence-electron chi connectivity index (χ1n) is 8.90. The summed E-state index contributed by atoms with van der Waals surface area (Å²) in [6.45, 7) is 0.689. The molecule has 0 saturated heterocycles. The van der Waals surface area contributed by atoms with Crippen molar-refractivity contribution in [1.29, 1.82) is 0 Å². The highest BCUT2D eigenvalue weighted by Gasteiger charge is 2.50. The normalized spacial score (nSPS) is 16.5. The molecule has 136 valence electrons. The maximum absolute atomic E-state index is 13.0. The third-order valence-corrected chi connectivity index (χ3v) is 5.68. The molecular formula is C19H23N5OS. The Balaban J connectivity index is 1.52. The van der Waals surface area contributed by atoms with Gasteiger partial charge in [0.25, 0.3) is 0 Å². The summed E-state index contributed by atoms with van der Waals surface area (Å²) in [7, 11) is 0. The van der Waals surface area contributed by atoms with Gasteiger partial charge in [-0.05, 0) is 43.4 Å². The monoisotopic (exact) mass is 369 g/mol.